The van der Waals surface area contributed by atoms with E-state index in [-0.39, 0.29) is 17.9 Å². The molecule has 4 rings (SSSR count). The van der Waals surface area contributed by atoms with Gasteiger partial charge in [-0.1, -0.05) is 24.3 Å². The molecule has 2 bridgehead atoms. The molecule has 1 fully saturated rings. The number of anilines is 1. The van der Waals surface area contributed by atoms with Crippen LogP contribution in [-0.2, 0) is 20.9 Å². The summed E-state index contributed by atoms with van der Waals surface area (Å²) in [6, 6.07) is 10.8. The molecule has 0 saturated carbocycles. The monoisotopic (exact) mass is 379 g/mol. The summed E-state index contributed by atoms with van der Waals surface area (Å²) in [5.74, 6) is -0.960. The maximum absolute atomic E-state index is 12.9. The number of carbonyl (C=O) groups excluding carboxylic acids is 2. The van der Waals surface area contributed by atoms with Crippen LogP contribution < -0.4 is 15.4 Å². The zero-order valence-electron chi connectivity index (χ0n) is 15.4. The Morgan fingerprint density at radius 2 is 1.89 bits per heavy atom. The molecule has 1 aromatic carbocycles. The molecule has 2 N–H and O–H groups in total. The molecular formula is C21H21N3O4. The predicted octanol–water partition coefficient (Wildman–Crippen LogP) is 1.91. The quantitative estimate of drug-likeness (QED) is 0.749. The summed E-state index contributed by atoms with van der Waals surface area (Å²) in [6.45, 7) is 0.356. The van der Waals surface area contributed by atoms with E-state index in [2.05, 4.69) is 15.6 Å². The molecule has 1 aromatic heterocycles. The lowest BCUT2D eigenvalue weighted by Gasteiger charge is -2.23. The topological polar surface area (TPSA) is 89.5 Å². The van der Waals surface area contributed by atoms with Crippen LogP contribution >= 0.6 is 0 Å². The molecule has 28 heavy (non-hydrogen) atoms. The van der Waals surface area contributed by atoms with Crippen molar-refractivity contribution in [1.29, 1.82) is 0 Å². The fraction of sp³-hybridized carbons (Fsp3) is 0.286. The molecule has 144 valence electrons. The first-order chi connectivity index (χ1) is 13.7. The first-order valence-corrected chi connectivity index (χ1v) is 9.11. The molecule has 0 radical (unpaired) electrons. The van der Waals surface area contributed by atoms with Crippen LogP contribution in [0.3, 0.4) is 0 Å². The number of methoxy groups -OCH3 is 1. The van der Waals surface area contributed by atoms with Crippen molar-refractivity contribution in [3.8, 4) is 5.75 Å². The summed E-state index contributed by atoms with van der Waals surface area (Å²) < 4.78 is 11.0. The van der Waals surface area contributed by atoms with Crippen LogP contribution in [0.25, 0.3) is 0 Å². The average Bonchev–Trinajstić information content (AvgIpc) is 3.34. The highest BCUT2D eigenvalue weighted by Crippen LogP contribution is 2.40. The molecule has 0 unspecified atom stereocenters. The van der Waals surface area contributed by atoms with Gasteiger partial charge in [0.15, 0.2) is 0 Å². The maximum Gasteiger partial charge on any atom is 0.231 e. The van der Waals surface area contributed by atoms with Gasteiger partial charge in [-0.05, 0) is 23.8 Å². The number of nitrogens with zero attached hydrogens (tertiary/aromatic N) is 1. The van der Waals surface area contributed by atoms with Crippen molar-refractivity contribution in [2.45, 2.75) is 18.8 Å². The Hall–Kier alpha value is -3.19. The van der Waals surface area contributed by atoms with E-state index in [4.69, 9.17) is 9.47 Å². The Morgan fingerprint density at radius 1 is 1.11 bits per heavy atom. The van der Waals surface area contributed by atoms with Crippen molar-refractivity contribution in [3.63, 3.8) is 0 Å². The van der Waals surface area contributed by atoms with Gasteiger partial charge in [-0.15, -0.1) is 0 Å². The molecule has 1 saturated heterocycles. The minimum absolute atomic E-state index is 0.202. The average molecular weight is 379 g/mol. The number of nitrogens with one attached hydrogen (secondary N) is 2. The van der Waals surface area contributed by atoms with E-state index in [1.807, 2.05) is 24.3 Å². The third-order valence-electron chi connectivity index (χ3n) is 5.03. The number of amides is 2. The van der Waals surface area contributed by atoms with Crippen LogP contribution in [0, 0.1) is 11.8 Å². The summed E-state index contributed by atoms with van der Waals surface area (Å²) in [7, 11) is 1.57. The second kappa shape index (κ2) is 7.82. The zero-order chi connectivity index (χ0) is 19.5. The van der Waals surface area contributed by atoms with Crippen LogP contribution in [0.1, 0.15) is 5.56 Å². The SMILES string of the molecule is COc1cccc(NC(=O)[C@@H]2[C@@H](C(=O)NCc3cccnc3)[C@H]3C=C[C@@H]2O3)c1. The van der Waals surface area contributed by atoms with Crippen LogP contribution in [-0.4, -0.2) is 36.1 Å². The molecule has 2 aliphatic heterocycles. The molecule has 3 heterocycles. The molecular weight excluding hydrogens is 358 g/mol. The van der Waals surface area contributed by atoms with E-state index >= 15 is 0 Å². The third-order valence-corrected chi connectivity index (χ3v) is 5.03. The van der Waals surface area contributed by atoms with Crippen molar-refractivity contribution in [2.75, 3.05) is 12.4 Å². The smallest absolute Gasteiger partial charge is 0.231 e. The summed E-state index contributed by atoms with van der Waals surface area (Å²) in [4.78, 5) is 29.8. The maximum atomic E-state index is 12.9. The molecule has 0 spiro atoms. The lowest BCUT2D eigenvalue weighted by molar-refractivity contribution is -0.131. The van der Waals surface area contributed by atoms with Crippen molar-refractivity contribution in [2.24, 2.45) is 11.8 Å². The van der Waals surface area contributed by atoms with Crippen LogP contribution in [0.15, 0.2) is 60.9 Å². The van der Waals surface area contributed by atoms with Crippen LogP contribution in [0.5, 0.6) is 5.75 Å². The van der Waals surface area contributed by atoms with E-state index in [1.54, 1.807) is 43.8 Å². The molecule has 7 heteroatoms. The number of benzene rings is 1. The second-order valence-corrected chi connectivity index (χ2v) is 6.80. The highest BCUT2D eigenvalue weighted by Gasteiger charge is 2.52. The minimum atomic E-state index is -0.588. The van der Waals surface area contributed by atoms with Gasteiger partial charge in [0, 0.05) is 30.7 Å². The van der Waals surface area contributed by atoms with E-state index in [9.17, 15) is 9.59 Å². The Labute approximate surface area is 162 Å². The van der Waals surface area contributed by atoms with Gasteiger partial charge in [0.05, 0.1) is 31.2 Å². The highest BCUT2D eigenvalue weighted by atomic mass is 16.5. The Balaban J connectivity index is 1.46. The Morgan fingerprint density at radius 3 is 2.61 bits per heavy atom. The van der Waals surface area contributed by atoms with Crippen molar-refractivity contribution in [3.05, 3.63) is 66.5 Å². The molecule has 0 aliphatic carbocycles. The van der Waals surface area contributed by atoms with Crippen molar-refractivity contribution >= 4 is 17.5 Å². The van der Waals surface area contributed by atoms with Gasteiger partial charge in [-0.3, -0.25) is 14.6 Å². The first kappa shape index (κ1) is 18.2. The Bertz CT molecular complexity index is 900. The molecule has 2 aliphatic rings. The fourth-order valence-corrected chi connectivity index (χ4v) is 3.67. The predicted molar refractivity (Wildman–Crippen MR) is 102 cm³/mol. The van der Waals surface area contributed by atoms with Gasteiger partial charge < -0.3 is 20.1 Å². The molecule has 2 aromatic rings. The number of hydrogen-bond donors (Lipinski definition) is 2. The zero-order valence-corrected chi connectivity index (χ0v) is 15.4. The minimum Gasteiger partial charge on any atom is -0.497 e. The van der Waals surface area contributed by atoms with Crippen molar-refractivity contribution < 1.29 is 19.1 Å². The van der Waals surface area contributed by atoms with Gasteiger partial charge in [0.1, 0.15) is 5.75 Å². The number of fused-ring (bicyclic) bond motifs is 2. The van der Waals surface area contributed by atoms with E-state index in [0.29, 0.717) is 18.0 Å². The lowest BCUT2D eigenvalue weighted by Crippen LogP contribution is -2.44. The van der Waals surface area contributed by atoms with Gasteiger partial charge >= 0.3 is 0 Å². The summed E-state index contributed by atoms with van der Waals surface area (Å²) in [6.07, 6.45) is 6.30. The Kier molecular flexibility index (Phi) is 5.08. The fourth-order valence-electron chi connectivity index (χ4n) is 3.67. The van der Waals surface area contributed by atoms with E-state index < -0.39 is 17.9 Å². The highest BCUT2D eigenvalue weighted by molar-refractivity contribution is 5.97. The third kappa shape index (κ3) is 3.61. The van der Waals surface area contributed by atoms with Gasteiger partial charge in [-0.25, -0.2) is 0 Å². The van der Waals surface area contributed by atoms with Gasteiger partial charge in [-0.2, -0.15) is 0 Å². The summed E-state index contributed by atoms with van der Waals surface area (Å²) >= 11 is 0. The van der Waals surface area contributed by atoms with E-state index in [1.165, 1.54) is 0 Å². The molecule has 4 atom stereocenters. The normalized spacial score (nSPS) is 24.8. The first-order valence-electron chi connectivity index (χ1n) is 9.11. The molecule has 7 nitrogen and oxygen atoms in total. The number of pyridine rings is 1. The second-order valence-electron chi connectivity index (χ2n) is 6.80. The number of hydrogen-bond acceptors (Lipinski definition) is 5. The number of carbonyl (C=O) groups is 2. The van der Waals surface area contributed by atoms with Gasteiger partial charge in [0.2, 0.25) is 11.8 Å². The largest absolute Gasteiger partial charge is 0.497 e. The summed E-state index contributed by atoms with van der Waals surface area (Å²) in [5, 5.41) is 5.78. The van der Waals surface area contributed by atoms with Gasteiger partial charge in [0.25, 0.3) is 0 Å². The number of ether oxygens (including phenoxy) is 2. The van der Waals surface area contributed by atoms with Crippen molar-refractivity contribution in [1.82, 2.24) is 10.3 Å². The molecule has 2 amide bonds. The number of aromatic nitrogens is 1. The van der Waals surface area contributed by atoms with E-state index in [0.717, 1.165) is 5.56 Å². The number of rotatable bonds is 6. The van der Waals surface area contributed by atoms with Crippen LogP contribution in [0.4, 0.5) is 5.69 Å². The standard InChI is InChI=1S/C21H21N3O4/c1-27-15-6-2-5-14(10-15)24-21(26)19-17-8-7-16(28-17)18(19)20(25)23-12-13-4-3-9-22-11-13/h2-11,16-19H,12H2,1H3,(H,23,25)(H,24,26)/t16-,17+,18+,19+/m1/s1. The van der Waals surface area contributed by atoms with Crippen LogP contribution in [0.2, 0.25) is 0 Å². The summed E-state index contributed by atoms with van der Waals surface area (Å²) in [5.41, 5.74) is 1.51. The lowest BCUT2D eigenvalue weighted by atomic mass is 9.81.